The van der Waals surface area contributed by atoms with Crippen LogP contribution < -0.4 is 0 Å². The molecule has 0 radical (unpaired) electrons. The van der Waals surface area contributed by atoms with Crippen molar-refractivity contribution in [2.45, 2.75) is 45.0 Å². The predicted octanol–water partition coefficient (Wildman–Crippen LogP) is 1.66. The molecule has 0 aliphatic heterocycles. The van der Waals surface area contributed by atoms with Crippen LogP contribution >= 0.6 is 11.8 Å². The molecule has 0 aliphatic rings. The number of aromatic nitrogens is 3. The van der Waals surface area contributed by atoms with Crippen LogP contribution in [0.25, 0.3) is 0 Å². The molecule has 6 heteroatoms. The van der Waals surface area contributed by atoms with Crippen LogP contribution in [-0.4, -0.2) is 44.9 Å². The number of aliphatic hydroxyl groups excluding tert-OH is 1. The normalized spacial score (nSPS) is 13.3. The van der Waals surface area contributed by atoms with Gasteiger partial charge in [-0.15, -0.1) is 10.2 Å². The Bertz CT molecular complexity index is 341. The van der Waals surface area contributed by atoms with Crippen molar-refractivity contribution >= 4 is 11.8 Å². The van der Waals surface area contributed by atoms with Crippen molar-refractivity contribution in [3.05, 3.63) is 5.82 Å². The Labute approximate surface area is 107 Å². The van der Waals surface area contributed by atoms with Gasteiger partial charge in [-0.1, -0.05) is 11.8 Å². The van der Waals surface area contributed by atoms with Crippen LogP contribution in [0.4, 0.5) is 0 Å². The lowest BCUT2D eigenvalue weighted by Gasteiger charge is -2.13. The van der Waals surface area contributed by atoms with Gasteiger partial charge in [0, 0.05) is 18.4 Å². The summed E-state index contributed by atoms with van der Waals surface area (Å²) in [6.07, 6.45) is -0.461. The third-order valence-corrected chi connectivity index (χ3v) is 3.36. The van der Waals surface area contributed by atoms with E-state index in [1.165, 1.54) is 11.8 Å². The van der Waals surface area contributed by atoms with E-state index in [9.17, 15) is 5.11 Å². The summed E-state index contributed by atoms with van der Waals surface area (Å²) < 4.78 is 7.23. The summed E-state index contributed by atoms with van der Waals surface area (Å²) in [6, 6.07) is 0.330. The van der Waals surface area contributed by atoms with E-state index in [1.54, 1.807) is 0 Å². The number of thioether (sulfide) groups is 1. The fourth-order valence-corrected chi connectivity index (χ4v) is 2.53. The fraction of sp³-hybridized carbons (Fsp3) is 0.818. The molecule has 0 unspecified atom stereocenters. The van der Waals surface area contributed by atoms with Crippen molar-refractivity contribution in [2.24, 2.45) is 0 Å². The van der Waals surface area contributed by atoms with Gasteiger partial charge in [0.25, 0.3) is 0 Å². The average molecular weight is 259 g/mol. The maximum absolute atomic E-state index is 9.67. The number of nitrogens with zero attached hydrogens (tertiary/aromatic N) is 3. The Balaban J connectivity index is 2.51. The fourth-order valence-electron chi connectivity index (χ4n) is 1.52. The highest BCUT2D eigenvalue weighted by Gasteiger charge is 2.14. The van der Waals surface area contributed by atoms with Crippen molar-refractivity contribution in [3.8, 4) is 0 Å². The van der Waals surface area contributed by atoms with Gasteiger partial charge in [-0.05, 0) is 27.7 Å². The van der Waals surface area contributed by atoms with E-state index in [-0.39, 0.29) is 0 Å². The highest BCUT2D eigenvalue weighted by atomic mass is 32.2. The van der Waals surface area contributed by atoms with E-state index in [1.807, 2.05) is 13.8 Å². The molecule has 0 saturated heterocycles. The van der Waals surface area contributed by atoms with Gasteiger partial charge in [0.15, 0.2) is 5.16 Å². The molecule has 1 N–H and O–H groups in total. The van der Waals surface area contributed by atoms with Crippen molar-refractivity contribution in [1.82, 2.24) is 14.8 Å². The average Bonchev–Trinajstić information content (AvgIpc) is 2.65. The van der Waals surface area contributed by atoms with Crippen molar-refractivity contribution < 1.29 is 9.84 Å². The van der Waals surface area contributed by atoms with E-state index in [0.717, 1.165) is 11.0 Å². The zero-order chi connectivity index (χ0) is 12.8. The highest BCUT2D eigenvalue weighted by molar-refractivity contribution is 7.99. The number of hydrogen-bond acceptors (Lipinski definition) is 5. The zero-order valence-corrected chi connectivity index (χ0v) is 11.7. The lowest BCUT2D eigenvalue weighted by molar-refractivity contribution is 0.0551. The molecular formula is C11H21N3O2S. The van der Waals surface area contributed by atoms with Gasteiger partial charge in [0.05, 0.1) is 12.7 Å². The minimum absolute atomic E-state index is 0.330. The lowest BCUT2D eigenvalue weighted by atomic mass is 10.4. The summed E-state index contributed by atoms with van der Waals surface area (Å²) in [5.41, 5.74) is 0. The Morgan fingerprint density at radius 3 is 2.71 bits per heavy atom. The molecule has 0 aromatic carbocycles. The summed E-state index contributed by atoms with van der Waals surface area (Å²) in [5.74, 6) is 1.48. The molecule has 1 atom stereocenters. The molecule has 0 saturated carbocycles. The molecule has 0 bridgehead atoms. The zero-order valence-electron chi connectivity index (χ0n) is 10.9. The van der Waals surface area contributed by atoms with E-state index < -0.39 is 6.10 Å². The van der Waals surface area contributed by atoms with Gasteiger partial charge < -0.3 is 14.4 Å². The number of aliphatic hydroxyl groups is 1. The molecule has 98 valence electrons. The molecule has 1 aromatic rings. The SMILES string of the molecule is CCOC[C@H](O)CSc1nnc(C)n1C(C)C. The van der Waals surface area contributed by atoms with E-state index in [0.29, 0.717) is 25.0 Å². The summed E-state index contributed by atoms with van der Waals surface area (Å²) >= 11 is 1.51. The molecule has 5 nitrogen and oxygen atoms in total. The minimum Gasteiger partial charge on any atom is -0.390 e. The van der Waals surface area contributed by atoms with Crippen LogP contribution in [0.2, 0.25) is 0 Å². The molecule has 1 heterocycles. The summed E-state index contributed by atoms with van der Waals surface area (Å²) in [5, 5.41) is 18.7. The first-order chi connectivity index (χ1) is 8.06. The Kier molecular flexibility index (Phi) is 5.94. The maximum atomic E-state index is 9.67. The predicted molar refractivity (Wildman–Crippen MR) is 68.4 cm³/mol. The van der Waals surface area contributed by atoms with Crippen LogP contribution in [0.15, 0.2) is 5.16 Å². The van der Waals surface area contributed by atoms with Gasteiger partial charge in [-0.3, -0.25) is 0 Å². The number of rotatable bonds is 7. The second-order valence-electron chi connectivity index (χ2n) is 4.12. The van der Waals surface area contributed by atoms with Crippen LogP contribution in [0.3, 0.4) is 0 Å². The first-order valence-corrected chi connectivity index (χ1v) is 6.84. The van der Waals surface area contributed by atoms with Crippen LogP contribution in [-0.2, 0) is 4.74 Å². The quantitative estimate of drug-likeness (QED) is 0.755. The molecular weight excluding hydrogens is 238 g/mol. The first-order valence-electron chi connectivity index (χ1n) is 5.86. The molecule has 17 heavy (non-hydrogen) atoms. The summed E-state index contributed by atoms with van der Waals surface area (Å²) in [4.78, 5) is 0. The van der Waals surface area contributed by atoms with Crippen LogP contribution in [0.1, 0.15) is 32.6 Å². The Morgan fingerprint density at radius 2 is 2.12 bits per heavy atom. The van der Waals surface area contributed by atoms with Crippen molar-refractivity contribution in [2.75, 3.05) is 19.0 Å². The second-order valence-corrected chi connectivity index (χ2v) is 5.10. The van der Waals surface area contributed by atoms with Crippen molar-refractivity contribution in [3.63, 3.8) is 0 Å². The highest BCUT2D eigenvalue weighted by Crippen LogP contribution is 2.21. The second kappa shape index (κ2) is 6.98. The van der Waals surface area contributed by atoms with Gasteiger partial charge in [0.1, 0.15) is 5.82 Å². The molecule has 0 fully saturated rings. The Hall–Kier alpha value is -0.590. The topological polar surface area (TPSA) is 60.2 Å². The molecule has 0 amide bonds. The number of ether oxygens (including phenoxy) is 1. The minimum atomic E-state index is -0.461. The molecule has 1 rings (SSSR count). The first kappa shape index (κ1) is 14.5. The smallest absolute Gasteiger partial charge is 0.191 e. The molecule has 0 aliphatic carbocycles. The standard InChI is InChI=1S/C11H21N3O2S/c1-5-16-6-10(15)7-17-11-13-12-9(4)14(11)8(2)3/h8,10,15H,5-7H2,1-4H3/t10-/m0/s1. The van der Waals surface area contributed by atoms with Crippen molar-refractivity contribution in [1.29, 1.82) is 0 Å². The maximum Gasteiger partial charge on any atom is 0.191 e. The third-order valence-electron chi connectivity index (χ3n) is 2.27. The van der Waals surface area contributed by atoms with Crippen LogP contribution in [0.5, 0.6) is 0 Å². The molecule has 1 aromatic heterocycles. The third kappa shape index (κ3) is 4.29. The van der Waals surface area contributed by atoms with Gasteiger partial charge in [-0.25, -0.2) is 0 Å². The Morgan fingerprint density at radius 1 is 1.41 bits per heavy atom. The monoisotopic (exact) mass is 259 g/mol. The largest absolute Gasteiger partial charge is 0.390 e. The summed E-state index contributed by atoms with van der Waals surface area (Å²) in [6.45, 7) is 9.04. The summed E-state index contributed by atoms with van der Waals surface area (Å²) in [7, 11) is 0. The van der Waals surface area contributed by atoms with E-state index in [2.05, 4.69) is 28.6 Å². The number of hydrogen-bond donors (Lipinski definition) is 1. The van der Waals surface area contributed by atoms with E-state index in [4.69, 9.17) is 4.74 Å². The number of aryl methyl sites for hydroxylation is 1. The van der Waals surface area contributed by atoms with Gasteiger partial charge in [0.2, 0.25) is 0 Å². The molecule has 0 spiro atoms. The van der Waals surface area contributed by atoms with Crippen LogP contribution in [0, 0.1) is 6.92 Å². The van der Waals surface area contributed by atoms with Gasteiger partial charge >= 0.3 is 0 Å². The lowest BCUT2D eigenvalue weighted by Crippen LogP contribution is -2.18. The van der Waals surface area contributed by atoms with Gasteiger partial charge in [-0.2, -0.15) is 0 Å². The van der Waals surface area contributed by atoms with E-state index >= 15 is 0 Å².